The van der Waals surface area contributed by atoms with Crippen LogP contribution in [-0.4, -0.2) is 30.0 Å². The highest BCUT2D eigenvalue weighted by molar-refractivity contribution is 5.75. The Morgan fingerprint density at radius 2 is 1.47 bits per heavy atom. The first-order valence-corrected chi connectivity index (χ1v) is 5.63. The Morgan fingerprint density at radius 1 is 1.05 bits per heavy atom. The molecule has 0 aliphatic carbocycles. The van der Waals surface area contributed by atoms with Crippen molar-refractivity contribution in [3.8, 4) is 0 Å². The van der Waals surface area contributed by atoms with E-state index in [2.05, 4.69) is 0 Å². The molecule has 3 nitrogen and oxygen atoms in total. The summed E-state index contributed by atoms with van der Waals surface area (Å²) >= 11 is 0. The van der Waals surface area contributed by atoms with Crippen LogP contribution >= 0.6 is 0 Å². The summed E-state index contributed by atoms with van der Waals surface area (Å²) in [5.41, 5.74) is -4.24. The van der Waals surface area contributed by atoms with E-state index < -0.39 is 36.4 Å². The topological polar surface area (TPSA) is 41.1 Å². The van der Waals surface area contributed by atoms with Crippen molar-refractivity contribution in [1.82, 2.24) is 10.6 Å². The third-order valence-electron chi connectivity index (χ3n) is 2.81. The Balaban J connectivity index is 5.25. The molecule has 0 aliphatic heterocycles. The van der Waals surface area contributed by atoms with Gasteiger partial charge in [0.15, 0.2) is 0 Å². The van der Waals surface area contributed by atoms with Crippen molar-refractivity contribution < 1.29 is 31.1 Å². The van der Waals surface area contributed by atoms with Crippen LogP contribution in [-0.2, 0) is 0 Å². The van der Waals surface area contributed by atoms with Crippen molar-refractivity contribution in [2.24, 2.45) is 0 Å². The SMILES string of the molecule is CC[C@@H](C)NC(=O)NC(CC)(C(F)(F)F)C(F)(F)F. The molecule has 0 aromatic carbocycles. The van der Waals surface area contributed by atoms with E-state index in [-0.39, 0.29) is 0 Å². The summed E-state index contributed by atoms with van der Waals surface area (Å²) in [5, 5.41) is 3.04. The van der Waals surface area contributed by atoms with Crippen LogP contribution in [0.15, 0.2) is 0 Å². The molecular weight excluding hydrogens is 278 g/mol. The molecule has 0 bridgehead atoms. The number of hydrogen-bond donors (Lipinski definition) is 2. The van der Waals surface area contributed by atoms with Gasteiger partial charge in [0.25, 0.3) is 0 Å². The lowest BCUT2D eigenvalue weighted by molar-refractivity contribution is -0.304. The van der Waals surface area contributed by atoms with E-state index >= 15 is 0 Å². The van der Waals surface area contributed by atoms with Crippen molar-refractivity contribution in [3.05, 3.63) is 0 Å². The first-order chi connectivity index (χ1) is 8.41. The van der Waals surface area contributed by atoms with Gasteiger partial charge in [-0.25, -0.2) is 4.79 Å². The van der Waals surface area contributed by atoms with Crippen molar-refractivity contribution in [1.29, 1.82) is 0 Å². The number of carbonyl (C=O) groups is 1. The van der Waals surface area contributed by atoms with Crippen molar-refractivity contribution in [2.45, 2.75) is 57.5 Å². The average Bonchev–Trinajstić information content (AvgIpc) is 2.21. The molecule has 2 amide bonds. The van der Waals surface area contributed by atoms with E-state index in [0.717, 1.165) is 5.32 Å². The fourth-order valence-corrected chi connectivity index (χ4v) is 1.35. The molecule has 0 heterocycles. The second-order valence-corrected chi connectivity index (χ2v) is 4.16. The summed E-state index contributed by atoms with van der Waals surface area (Å²) in [4.78, 5) is 11.3. The number of rotatable bonds is 4. The van der Waals surface area contributed by atoms with Gasteiger partial charge in [-0.1, -0.05) is 13.8 Å². The van der Waals surface area contributed by atoms with Gasteiger partial charge in [0.1, 0.15) is 0 Å². The number of alkyl halides is 6. The summed E-state index contributed by atoms with van der Waals surface area (Å²) < 4.78 is 76.1. The highest BCUT2D eigenvalue weighted by atomic mass is 19.4. The van der Waals surface area contributed by atoms with Crippen LogP contribution in [0.3, 0.4) is 0 Å². The first-order valence-electron chi connectivity index (χ1n) is 5.63. The van der Waals surface area contributed by atoms with Gasteiger partial charge < -0.3 is 10.6 Å². The number of nitrogens with one attached hydrogen (secondary N) is 2. The third-order valence-corrected chi connectivity index (χ3v) is 2.81. The van der Waals surface area contributed by atoms with Gasteiger partial charge in [0, 0.05) is 6.04 Å². The number of urea groups is 1. The Morgan fingerprint density at radius 3 is 1.74 bits per heavy atom. The molecule has 0 saturated heterocycles. The molecule has 1 atom stereocenters. The highest BCUT2D eigenvalue weighted by Gasteiger charge is 2.70. The van der Waals surface area contributed by atoms with Crippen molar-refractivity contribution in [2.75, 3.05) is 0 Å². The van der Waals surface area contributed by atoms with E-state index in [9.17, 15) is 31.1 Å². The molecule has 0 unspecified atom stereocenters. The second-order valence-electron chi connectivity index (χ2n) is 4.16. The van der Waals surface area contributed by atoms with Crippen LogP contribution in [0.4, 0.5) is 31.1 Å². The van der Waals surface area contributed by atoms with Gasteiger partial charge in [0.2, 0.25) is 5.54 Å². The van der Waals surface area contributed by atoms with Crippen molar-refractivity contribution in [3.63, 3.8) is 0 Å². The van der Waals surface area contributed by atoms with E-state index in [1.54, 1.807) is 6.92 Å². The lowest BCUT2D eigenvalue weighted by Gasteiger charge is -2.37. The molecule has 114 valence electrons. The maximum atomic E-state index is 12.7. The summed E-state index contributed by atoms with van der Waals surface area (Å²) in [5.74, 6) is 0. The predicted molar refractivity (Wildman–Crippen MR) is 56.6 cm³/mol. The van der Waals surface area contributed by atoms with E-state index in [1.165, 1.54) is 6.92 Å². The zero-order chi connectivity index (χ0) is 15.5. The van der Waals surface area contributed by atoms with Gasteiger partial charge >= 0.3 is 18.4 Å². The smallest absolute Gasteiger partial charge is 0.336 e. The molecule has 0 spiro atoms. The summed E-state index contributed by atoms with van der Waals surface area (Å²) in [6, 6.07) is -2.03. The van der Waals surface area contributed by atoms with E-state index in [4.69, 9.17) is 0 Å². The van der Waals surface area contributed by atoms with Gasteiger partial charge in [-0.15, -0.1) is 0 Å². The monoisotopic (exact) mass is 294 g/mol. The zero-order valence-electron chi connectivity index (χ0n) is 10.7. The third kappa shape index (κ3) is 3.90. The molecule has 0 radical (unpaired) electrons. The number of amides is 2. The number of halogens is 6. The molecule has 2 N–H and O–H groups in total. The molecule has 0 aliphatic rings. The summed E-state index contributed by atoms with van der Waals surface area (Å²) in [7, 11) is 0. The van der Waals surface area contributed by atoms with Crippen LogP contribution in [0.5, 0.6) is 0 Å². The molecule has 9 heteroatoms. The summed E-state index contributed by atoms with van der Waals surface area (Å²) in [6.07, 6.45) is -12.2. The van der Waals surface area contributed by atoms with Crippen LogP contribution in [0, 0.1) is 0 Å². The maximum Gasteiger partial charge on any atom is 0.420 e. The molecule has 0 aromatic heterocycles. The largest absolute Gasteiger partial charge is 0.420 e. The first kappa shape index (κ1) is 17.8. The van der Waals surface area contributed by atoms with E-state index in [1.807, 2.05) is 5.32 Å². The Bertz CT molecular complexity index is 298. The van der Waals surface area contributed by atoms with Gasteiger partial charge in [-0.05, 0) is 19.8 Å². The van der Waals surface area contributed by atoms with Crippen LogP contribution in [0.25, 0.3) is 0 Å². The zero-order valence-corrected chi connectivity index (χ0v) is 10.7. The van der Waals surface area contributed by atoms with Gasteiger partial charge in [-0.2, -0.15) is 26.3 Å². The minimum atomic E-state index is -5.63. The average molecular weight is 294 g/mol. The maximum absolute atomic E-state index is 12.7. The Labute approximate surface area is 106 Å². The standard InChI is InChI=1S/C10H16F6N2O/c1-4-6(3)17-7(19)18-8(5-2,9(11,12)13)10(14,15)16/h6H,4-5H2,1-3H3,(H2,17,18,19)/t6-/m1/s1. The van der Waals surface area contributed by atoms with E-state index in [0.29, 0.717) is 13.3 Å². The van der Waals surface area contributed by atoms with Gasteiger partial charge in [0.05, 0.1) is 0 Å². The van der Waals surface area contributed by atoms with Crippen molar-refractivity contribution >= 4 is 6.03 Å². The van der Waals surface area contributed by atoms with Crippen LogP contribution in [0.1, 0.15) is 33.6 Å². The number of carbonyl (C=O) groups excluding carboxylic acids is 1. The highest BCUT2D eigenvalue weighted by Crippen LogP contribution is 2.45. The van der Waals surface area contributed by atoms with Gasteiger partial charge in [-0.3, -0.25) is 0 Å². The minimum Gasteiger partial charge on any atom is -0.336 e. The van der Waals surface area contributed by atoms with Crippen LogP contribution < -0.4 is 10.6 Å². The minimum absolute atomic E-state index is 0.380. The molecule has 19 heavy (non-hydrogen) atoms. The fourth-order valence-electron chi connectivity index (χ4n) is 1.35. The molecule has 0 fully saturated rings. The van der Waals surface area contributed by atoms with Crippen LogP contribution in [0.2, 0.25) is 0 Å². The molecule has 0 aromatic rings. The lowest BCUT2D eigenvalue weighted by atomic mass is 9.94. The lowest BCUT2D eigenvalue weighted by Crippen LogP contribution is -2.68. The molecule has 0 rings (SSSR count). The predicted octanol–water partition coefficient (Wildman–Crippen LogP) is 3.36. The Kier molecular flexibility index (Phi) is 5.52. The quantitative estimate of drug-likeness (QED) is 0.767. The molecular formula is C10H16F6N2O. The number of hydrogen-bond acceptors (Lipinski definition) is 1. The summed E-state index contributed by atoms with van der Waals surface area (Å²) in [6.45, 7) is 3.81. The molecule has 0 saturated carbocycles. The normalized spacial score (nSPS) is 15.0. The Hall–Kier alpha value is -1.15. The fraction of sp³-hybridized carbons (Fsp3) is 0.900. The second kappa shape index (κ2) is 5.87.